The van der Waals surface area contributed by atoms with Gasteiger partial charge in [0.05, 0.1) is 20.3 Å². The minimum absolute atomic E-state index is 0.707. The topological polar surface area (TPSA) is 113 Å². The second-order valence-electron chi connectivity index (χ2n) is 31.1. The van der Waals surface area contributed by atoms with Crippen molar-refractivity contribution in [3.8, 4) is 0 Å². The molecule has 0 aromatic heterocycles. The van der Waals surface area contributed by atoms with Gasteiger partial charge in [-0.1, -0.05) is 228 Å². The number of hydrogen-bond donors (Lipinski definition) is 0. The standard InChI is InChI=1S/C21H26N2.2C21H25N2.C20H17N3.C18H15P.CHF3O3S.CHO.2ClH.2Rh/c3*1-14-9-16(3)20(17(4)10-14)22-7-8-23(13-22)21-18(5)11-15(2)12-19(21)6;1-4-10-17(11-5-1)20-21-23(19-14-8-3-9-15-19)16-22(20)18-12-6-2-7-13-18;1-4-10-16(11-5-1)19(17-12-6-2-7-13-17)18-14-8-3-9-15-18;2-1(3,4)8(5,6)7;1-2;;;;/h7-12H,13H2,1-6H3;2*7-13H,1-6H3;1-15H,16H2;1-15H;(H,5,6,7);1H;2*1H;;/q;2*-1;;;;-1;;;2*+3/p-2/i;;;;;;1D;;;;. The summed E-state index contributed by atoms with van der Waals surface area (Å²) in [5.74, 6) is 0.973. The van der Waals surface area contributed by atoms with Gasteiger partial charge in [0.2, 0.25) is 0 Å². The van der Waals surface area contributed by atoms with Crippen LogP contribution in [0.5, 0.6) is 0 Å². The first kappa shape index (κ1) is 98.3. The molecule has 0 aliphatic carbocycles. The second-order valence-corrected chi connectivity index (χ2v) is 35.0. The van der Waals surface area contributed by atoms with Crippen LogP contribution >= 0.6 is 27.3 Å². The molecular formula is C103H110Cl2F3N9O4PRh2S+. The van der Waals surface area contributed by atoms with Crippen LogP contribution in [-0.4, -0.2) is 44.4 Å². The predicted molar refractivity (Wildman–Crippen MR) is 516 cm³/mol. The van der Waals surface area contributed by atoms with Crippen molar-refractivity contribution >= 4 is 111 Å². The summed E-state index contributed by atoms with van der Waals surface area (Å²) in [5.41, 5.74) is 29.2. The normalized spacial score (nSPS) is 13.0. The van der Waals surface area contributed by atoms with Crippen molar-refractivity contribution < 1.29 is 66.9 Å². The molecule has 4 aliphatic rings. The molecule has 654 valence electrons. The fraction of sp³-hybridized carbons (Fsp3) is 0.204. The Kier molecular flexibility index (Phi) is 37.1. The average molecular weight is 1940 g/mol. The van der Waals surface area contributed by atoms with Crippen LogP contribution in [0.2, 0.25) is 0 Å². The van der Waals surface area contributed by atoms with Gasteiger partial charge >= 0.3 is 59.5 Å². The van der Waals surface area contributed by atoms with E-state index in [0.29, 0.717) is 6.67 Å². The third kappa shape index (κ3) is 26.8. The Balaban J connectivity index is 0.000000187. The summed E-state index contributed by atoms with van der Waals surface area (Å²) in [4.78, 5) is 24.2. The van der Waals surface area contributed by atoms with E-state index < -0.39 is 23.5 Å². The summed E-state index contributed by atoms with van der Waals surface area (Å²) in [7, 11) is 2.09. The van der Waals surface area contributed by atoms with Gasteiger partial charge in [0, 0.05) is 57.8 Å². The molecule has 22 heteroatoms. The largest absolute Gasteiger partial charge is 0.304 e. The smallest absolute Gasteiger partial charge is 0.162 e. The van der Waals surface area contributed by atoms with Gasteiger partial charge in [-0.05, 0) is 277 Å². The first-order valence-electron chi connectivity index (χ1n) is 40.9. The Morgan fingerprint density at radius 3 is 0.824 bits per heavy atom. The first-order chi connectivity index (χ1) is 60.1. The van der Waals surface area contributed by atoms with Gasteiger partial charge in [0.1, 0.15) is 22.6 Å². The number of anilines is 8. The summed E-state index contributed by atoms with van der Waals surface area (Å²) >= 11 is 4.04. The van der Waals surface area contributed by atoms with Crippen LogP contribution in [-0.2, 0) is 49.5 Å². The van der Waals surface area contributed by atoms with E-state index in [0.717, 1.165) is 36.2 Å². The molecular weight excluding hydrogens is 1820 g/mol. The number of para-hydroxylation sites is 2. The predicted octanol–water partition coefficient (Wildman–Crippen LogP) is 24.9. The molecule has 0 N–H and O–H groups in total. The minimum Gasteiger partial charge on any atom is -0.304 e. The van der Waals surface area contributed by atoms with Crippen LogP contribution < -0.4 is 55.2 Å². The van der Waals surface area contributed by atoms with Gasteiger partial charge in [-0.25, -0.2) is 13.4 Å². The molecule has 12 aromatic rings. The molecule has 0 bridgehead atoms. The van der Waals surface area contributed by atoms with Gasteiger partial charge in [-0.15, -0.1) is 13.3 Å². The maximum Gasteiger partial charge on any atom is 0.162 e. The Labute approximate surface area is 771 Å². The number of rotatable bonds is 12. The van der Waals surface area contributed by atoms with Gasteiger partial charge in [-0.3, -0.25) is 6.77 Å². The van der Waals surface area contributed by atoms with Crippen LogP contribution in [0.4, 0.5) is 58.7 Å². The molecule has 0 spiro atoms. The Morgan fingerprint density at radius 1 is 0.368 bits per heavy atom. The summed E-state index contributed by atoms with van der Waals surface area (Å²) < 4.78 is 64.3. The number of benzene rings is 12. The number of alkyl halides is 3. The van der Waals surface area contributed by atoms with Gasteiger partial charge in [0.15, 0.2) is 16.0 Å². The van der Waals surface area contributed by atoms with E-state index in [1.807, 2.05) is 82.1 Å². The molecule has 4 heterocycles. The maximum absolute atomic E-state index is 10.7. The van der Waals surface area contributed by atoms with Crippen molar-refractivity contribution in [2.24, 2.45) is 5.10 Å². The molecule has 4 aliphatic heterocycles. The molecule has 0 saturated carbocycles. The minimum atomic E-state index is -6.09. The Morgan fingerprint density at radius 2 is 0.584 bits per heavy atom. The molecule has 12 aromatic carbocycles. The van der Waals surface area contributed by atoms with Crippen molar-refractivity contribution in [2.45, 2.75) is 130 Å². The molecule has 125 heavy (non-hydrogen) atoms. The SMILES string of the molecule is Cc1cc(C)c(N2C=CN(c3c(C)cc(C)cc3C)C2)c(C)c1.Cc1cc(C)c(N2C=CN(c3c(C)cc(C)cc3C)[CH-]2)c(C)c1.Cc1cc(C)c(N2C=CN(c3c(C)cc(C)cc3C)[CH-]2)c(C)c1.O=S(=O)([O-])C(F)(F)F.[2H][C-]=O.[Cl][Rh+2].[Cl][Rh+2].c1ccc(C2=NN(c3ccccc3)CN2c2ccccc2)cc1.c1ccc([PH+](c2ccccc2)c2ccccc2)cc1. The molecule has 13 nitrogen and oxygen atoms in total. The van der Waals surface area contributed by atoms with E-state index in [1.54, 1.807) is 0 Å². The van der Waals surface area contributed by atoms with Crippen LogP contribution in [0.3, 0.4) is 0 Å². The number of hydrazone groups is 1. The third-order valence-corrected chi connectivity index (χ3v) is 24.1. The van der Waals surface area contributed by atoms with E-state index in [1.165, 1.54) is 150 Å². The van der Waals surface area contributed by atoms with E-state index in [-0.39, 0.29) is 0 Å². The second kappa shape index (κ2) is 47.2. The maximum atomic E-state index is 10.7. The summed E-state index contributed by atoms with van der Waals surface area (Å²) in [6.07, 6.45) is 13.0. The van der Waals surface area contributed by atoms with Crippen LogP contribution in [0.15, 0.2) is 297 Å². The Hall–Kier alpha value is -10.4. The fourth-order valence-electron chi connectivity index (χ4n) is 16.6. The number of aryl methyl sites for hydroxylation is 18. The van der Waals surface area contributed by atoms with Gasteiger partial charge in [0.25, 0.3) is 0 Å². The van der Waals surface area contributed by atoms with Gasteiger partial charge in [-0.2, -0.15) is 19.6 Å². The van der Waals surface area contributed by atoms with Crippen molar-refractivity contribution in [2.75, 3.05) is 52.6 Å². The molecule has 0 amide bonds. The quantitative estimate of drug-likeness (QED) is 0.0290. The van der Waals surface area contributed by atoms with Crippen molar-refractivity contribution in [1.29, 1.82) is 0 Å². The van der Waals surface area contributed by atoms with Gasteiger partial charge < -0.3 is 43.6 Å². The zero-order valence-electron chi connectivity index (χ0n) is 74.9. The molecule has 0 fully saturated rings. The Bertz CT molecular complexity index is 5100. The number of hydrogen-bond acceptors (Lipinski definition) is 13. The van der Waals surface area contributed by atoms with Crippen molar-refractivity contribution in [1.82, 2.24) is 0 Å². The molecule has 0 unspecified atom stereocenters. The summed E-state index contributed by atoms with van der Waals surface area (Å²) in [6, 6.07) is 90.5. The van der Waals surface area contributed by atoms with Crippen LogP contribution in [0.25, 0.3) is 0 Å². The van der Waals surface area contributed by atoms with E-state index >= 15 is 0 Å². The third-order valence-electron chi connectivity index (χ3n) is 20.8. The van der Waals surface area contributed by atoms with Crippen molar-refractivity contribution in [3.63, 3.8) is 0 Å². The van der Waals surface area contributed by atoms with Crippen molar-refractivity contribution in [3.05, 3.63) is 411 Å². The van der Waals surface area contributed by atoms with E-state index in [2.05, 4.69) is 441 Å². The summed E-state index contributed by atoms with van der Waals surface area (Å²) in [6.45, 7) is 45.9. The number of halogens is 5. The number of carbonyl (C=O) groups excluding carboxylic acids is 1. The molecule has 16 rings (SSSR count). The number of nitrogens with zero attached hydrogens (tertiary/aromatic N) is 9. The monoisotopic (exact) mass is 1930 g/mol. The first-order valence-corrected chi connectivity index (χ1v) is 47.5. The zero-order chi connectivity index (χ0) is 92.3. The zero-order valence-corrected chi connectivity index (χ0v) is 80.5. The van der Waals surface area contributed by atoms with Crippen LogP contribution in [0, 0.1) is 138 Å². The number of amidine groups is 1. The molecule has 0 radical (unpaired) electrons. The fourth-order valence-corrected chi connectivity index (χ4v) is 19.2. The van der Waals surface area contributed by atoms with E-state index in [4.69, 9.17) is 24.2 Å². The van der Waals surface area contributed by atoms with E-state index in [9.17, 15) is 13.2 Å². The average Bonchev–Trinajstić information content (AvgIpc) is 1.65. The summed E-state index contributed by atoms with van der Waals surface area (Å²) in [5, 5.41) is 11.2. The molecule has 0 saturated heterocycles. The molecule has 0 atom stereocenters. The van der Waals surface area contributed by atoms with Crippen LogP contribution in [0.1, 0.15) is 107 Å².